The van der Waals surface area contributed by atoms with Gasteiger partial charge in [0.05, 0.1) is 17.2 Å². The Hall–Kier alpha value is -3.27. The summed E-state index contributed by atoms with van der Waals surface area (Å²) in [5.74, 6) is -0.213. The number of hydrogen-bond donors (Lipinski definition) is 2. The van der Waals surface area contributed by atoms with E-state index < -0.39 is 16.9 Å². The molecule has 2 N–H and O–H groups in total. The lowest BCUT2D eigenvalue weighted by Gasteiger charge is -2.05. The van der Waals surface area contributed by atoms with E-state index in [9.17, 15) is 19.7 Å². The molecular weight excluding hydrogens is 330 g/mol. The monoisotopic (exact) mass is 345 g/mol. The van der Waals surface area contributed by atoms with Crippen LogP contribution in [0.4, 0.5) is 16.3 Å². The first-order valence-electron chi connectivity index (χ1n) is 7.55. The highest BCUT2D eigenvalue weighted by Gasteiger charge is 2.27. The number of nitrogens with zero attached hydrogens (tertiary/aromatic N) is 3. The van der Waals surface area contributed by atoms with Gasteiger partial charge in [0, 0.05) is 36.3 Å². The van der Waals surface area contributed by atoms with Crippen LogP contribution in [-0.2, 0) is 17.8 Å². The van der Waals surface area contributed by atoms with Crippen LogP contribution in [0.3, 0.4) is 0 Å². The second-order valence-electron chi connectivity index (χ2n) is 5.25. The molecule has 130 valence electrons. The maximum absolute atomic E-state index is 12.3. The molecule has 0 saturated carbocycles. The van der Waals surface area contributed by atoms with Crippen LogP contribution in [0.1, 0.15) is 28.5 Å². The van der Waals surface area contributed by atoms with E-state index in [2.05, 4.69) is 15.7 Å². The van der Waals surface area contributed by atoms with Crippen molar-refractivity contribution in [1.82, 2.24) is 15.1 Å². The zero-order valence-electron chi connectivity index (χ0n) is 13.3. The predicted octanol–water partition coefficient (Wildman–Crippen LogP) is 1.65. The third-order valence-corrected chi connectivity index (χ3v) is 3.70. The van der Waals surface area contributed by atoms with Crippen LogP contribution < -0.4 is 10.6 Å². The van der Waals surface area contributed by atoms with Gasteiger partial charge in [-0.25, -0.2) is 4.79 Å². The normalized spacial score (nSPS) is 12.5. The molecule has 0 spiro atoms. The number of carbonyl (C=O) groups excluding carboxylic acids is 2. The molecule has 1 aromatic carbocycles. The molecule has 0 aliphatic carbocycles. The lowest BCUT2D eigenvalue weighted by Crippen LogP contribution is -2.20. The first-order valence-corrected chi connectivity index (χ1v) is 7.55. The molecule has 1 amide bonds. The smallest absolute Gasteiger partial charge is 0.435 e. The van der Waals surface area contributed by atoms with E-state index in [4.69, 9.17) is 4.74 Å². The van der Waals surface area contributed by atoms with E-state index in [-0.39, 0.29) is 23.7 Å². The molecule has 0 atom stereocenters. The molecule has 1 aromatic heterocycles. The quantitative estimate of drug-likeness (QED) is 0.637. The number of nitro benzene ring substituents is 1. The van der Waals surface area contributed by atoms with Gasteiger partial charge < -0.3 is 15.4 Å². The van der Waals surface area contributed by atoms with Crippen molar-refractivity contribution in [3.63, 3.8) is 0 Å². The molecule has 0 radical (unpaired) electrons. The van der Waals surface area contributed by atoms with E-state index in [1.165, 1.54) is 24.3 Å². The van der Waals surface area contributed by atoms with Gasteiger partial charge in [0.15, 0.2) is 5.82 Å². The molecule has 0 bridgehead atoms. The first kappa shape index (κ1) is 16.6. The summed E-state index contributed by atoms with van der Waals surface area (Å²) in [5, 5.41) is 20.5. The molecule has 10 heteroatoms. The fraction of sp³-hybridized carbons (Fsp3) is 0.267. The number of ether oxygens (including phenoxy) is 1. The highest BCUT2D eigenvalue weighted by molar-refractivity contribution is 6.04. The summed E-state index contributed by atoms with van der Waals surface area (Å²) >= 11 is 0. The Balaban J connectivity index is 1.83. The zero-order valence-corrected chi connectivity index (χ0v) is 13.3. The van der Waals surface area contributed by atoms with Gasteiger partial charge in [-0.1, -0.05) is 0 Å². The van der Waals surface area contributed by atoms with Crippen LogP contribution in [-0.4, -0.2) is 33.3 Å². The van der Waals surface area contributed by atoms with Gasteiger partial charge in [0.2, 0.25) is 0 Å². The Labute approximate surface area is 141 Å². The molecule has 0 unspecified atom stereocenters. The van der Waals surface area contributed by atoms with E-state index in [0.29, 0.717) is 24.3 Å². The van der Waals surface area contributed by atoms with Gasteiger partial charge >= 0.3 is 6.09 Å². The van der Waals surface area contributed by atoms with Gasteiger partial charge in [-0.15, -0.1) is 5.10 Å². The van der Waals surface area contributed by atoms with Crippen LogP contribution in [0.5, 0.6) is 0 Å². The summed E-state index contributed by atoms with van der Waals surface area (Å²) in [4.78, 5) is 34.4. The maximum Gasteiger partial charge on any atom is 0.435 e. The summed E-state index contributed by atoms with van der Waals surface area (Å²) in [7, 11) is 0. The van der Waals surface area contributed by atoms with Gasteiger partial charge in [0.25, 0.3) is 11.6 Å². The van der Waals surface area contributed by atoms with Crippen LogP contribution in [0.15, 0.2) is 24.3 Å². The summed E-state index contributed by atoms with van der Waals surface area (Å²) < 4.78 is 6.08. The third-order valence-electron chi connectivity index (χ3n) is 3.70. The fourth-order valence-electron chi connectivity index (χ4n) is 2.51. The van der Waals surface area contributed by atoms with Crippen molar-refractivity contribution in [1.29, 1.82) is 0 Å². The number of non-ortho nitro benzene ring substituents is 1. The largest absolute Gasteiger partial charge is 0.448 e. The third kappa shape index (κ3) is 3.19. The van der Waals surface area contributed by atoms with Gasteiger partial charge in [-0.05, 0) is 19.1 Å². The molecule has 1 aliphatic heterocycles. The summed E-state index contributed by atoms with van der Waals surface area (Å²) in [5.41, 5.74) is 1.49. The minimum atomic E-state index is -0.613. The molecule has 2 heterocycles. The standard InChI is InChI=1S/C15H15N5O5/c1-2-25-15(22)19-12-8-16-7-11(12)13(18-19)17-14(21)9-3-5-10(6-4-9)20(23)24/h3-6,16H,2,7-8H2,1H3,(H,17,18,21). The average Bonchev–Trinajstić information content (AvgIpc) is 3.19. The number of anilines is 1. The number of fused-ring (bicyclic) bond motifs is 1. The minimum absolute atomic E-state index is 0.103. The molecule has 0 saturated heterocycles. The molecule has 25 heavy (non-hydrogen) atoms. The molecule has 2 aromatic rings. The Morgan fingerprint density at radius 2 is 2.08 bits per heavy atom. The zero-order chi connectivity index (χ0) is 18.0. The van der Waals surface area contributed by atoms with E-state index >= 15 is 0 Å². The number of benzene rings is 1. The van der Waals surface area contributed by atoms with Crippen LogP contribution >= 0.6 is 0 Å². The van der Waals surface area contributed by atoms with Gasteiger partial charge in [0.1, 0.15) is 0 Å². The number of nitrogens with one attached hydrogen (secondary N) is 2. The summed E-state index contributed by atoms with van der Waals surface area (Å²) in [6.07, 6.45) is -0.613. The Morgan fingerprint density at radius 3 is 2.72 bits per heavy atom. The molecule has 3 rings (SSSR count). The van der Waals surface area contributed by atoms with Crippen molar-refractivity contribution < 1.29 is 19.2 Å². The summed E-state index contributed by atoms with van der Waals surface area (Å²) in [6.45, 7) is 2.81. The first-order chi connectivity index (χ1) is 12.0. The van der Waals surface area contributed by atoms with Crippen molar-refractivity contribution in [3.8, 4) is 0 Å². The van der Waals surface area contributed by atoms with E-state index in [0.717, 1.165) is 4.68 Å². The summed E-state index contributed by atoms with van der Waals surface area (Å²) in [6, 6.07) is 5.21. The van der Waals surface area contributed by atoms with Crippen LogP contribution in [0.2, 0.25) is 0 Å². The molecule has 0 fully saturated rings. The highest BCUT2D eigenvalue weighted by atomic mass is 16.6. The maximum atomic E-state index is 12.3. The lowest BCUT2D eigenvalue weighted by molar-refractivity contribution is -0.384. The number of carbonyl (C=O) groups is 2. The number of nitro groups is 1. The molecule has 10 nitrogen and oxygen atoms in total. The number of aromatic nitrogens is 2. The van der Waals surface area contributed by atoms with Gasteiger partial charge in [-0.2, -0.15) is 4.68 Å². The fourth-order valence-corrected chi connectivity index (χ4v) is 2.51. The van der Waals surface area contributed by atoms with Crippen molar-refractivity contribution in [2.75, 3.05) is 11.9 Å². The Bertz CT molecular complexity index is 843. The number of hydrogen-bond acceptors (Lipinski definition) is 7. The lowest BCUT2D eigenvalue weighted by atomic mass is 10.2. The van der Waals surface area contributed by atoms with Crippen LogP contribution in [0, 0.1) is 10.1 Å². The van der Waals surface area contributed by atoms with Crippen LogP contribution in [0.25, 0.3) is 0 Å². The highest BCUT2D eigenvalue weighted by Crippen LogP contribution is 2.25. The predicted molar refractivity (Wildman–Crippen MR) is 86.2 cm³/mol. The molecule has 1 aliphatic rings. The minimum Gasteiger partial charge on any atom is -0.448 e. The number of rotatable bonds is 4. The van der Waals surface area contributed by atoms with E-state index in [1.807, 2.05) is 0 Å². The SMILES string of the molecule is CCOC(=O)n1nc(NC(=O)c2ccc([N+](=O)[O-])cc2)c2c1CNC2. The molecular formula is C15H15N5O5. The Morgan fingerprint density at radius 1 is 1.36 bits per heavy atom. The number of amides is 1. The van der Waals surface area contributed by atoms with Crippen molar-refractivity contribution in [3.05, 3.63) is 51.2 Å². The van der Waals surface area contributed by atoms with Gasteiger partial charge in [-0.3, -0.25) is 14.9 Å². The van der Waals surface area contributed by atoms with Crippen molar-refractivity contribution in [2.24, 2.45) is 0 Å². The topological polar surface area (TPSA) is 128 Å². The second-order valence-corrected chi connectivity index (χ2v) is 5.25. The second kappa shape index (κ2) is 6.69. The van der Waals surface area contributed by atoms with Crippen molar-refractivity contribution >= 4 is 23.5 Å². The average molecular weight is 345 g/mol. The van der Waals surface area contributed by atoms with E-state index in [1.54, 1.807) is 6.92 Å². The van der Waals surface area contributed by atoms with Crippen molar-refractivity contribution in [2.45, 2.75) is 20.0 Å². The Kier molecular flexibility index (Phi) is 4.44.